The van der Waals surface area contributed by atoms with E-state index >= 15 is 0 Å². The largest absolute Gasteiger partial charge is 0.383 e. The van der Waals surface area contributed by atoms with Crippen LogP contribution < -0.4 is 10.7 Å². The molecule has 1 aliphatic carbocycles. The summed E-state index contributed by atoms with van der Waals surface area (Å²) in [6.07, 6.45) is 4.54. The molecule has 1 aliphatic rings. The summed E-state index contributed by atoms with van der Waals surface area (Å²) < 4.78 is 2.22. The molecule has 0 fully saturated rings. The van der Waals surface area contributed by atoms with E-state index in [9.17, 15) is 4.79 Å². The number of nitrogens with zero attached hydrogens (tertiary/aromatic N) is 1. The summed E-state index contributed by atoms with van der Waals surface area (Å²) in [7, 11) is 0. The van der Waals surface area contributed by atoms with Crippen LogP contribution in [-0.4, -0.2) is 31.1 Å². The van der Waals surface area contributed by atoms with Gasteiger partial charge in [-0.25, -0.2) is 0 Å². The lowest BCUT2D eigenvalue weighted by Gasteiger charge is -2.22. The van der Waals surface area contributed by atoms with Crippen LogP contribution in [0.5, 0.6) is 0 Å². The van der Waals surface area contributed by atoms with Gasteiger partial charge in [0, 0.05) is 28.6 Å². The molecule has 0 radical (unpaired) electrons. The maximum atomic E-state index is 13.4. The molecule has 4 rings (SSSR count). The molecule has 1 N–H and O–H groups in total. The molecule has 0 aliphatic heterocycles. The number of hydrogen-bond acceptors (Lipinski definition) is 4. The van der Waals surface area contributed by atoms with Crippen LogP contribution in [0, 0.1) is 0 Å². The van der Waals surface area contributed by atoms with Gasteiger partial charge < -0.3 is 10.2 Å². The van der Waals surface area contributed by atoms with Crippen LogP contribution in [-0.2, 0) is 12.8 Å². The molecular formula is C23H28N2OS. The summed E-state index contributed by atoms with van der Waals surface area (Å²) in [4.78, 5) is 15.8. The molecule has 0 bridgehead atoms. The van der Waals surface area contributed by atoms with Crippen LogP contribution in [0.4, 0.5) is 5.69 Å². The second-order valence-corrected chi connectivity index (χ2v) is 8.41. The SMILES string of the molecule is CCN(CC)CCNc1cc2c(c3c(=O)c4ccccc4sc13)CCCC2. The van der Waals surface area contributed by atoms with Gasteiger partial charge in [-0.3, -0.25) is 4.79 Å². The number of aryl methyl sites for hydroxylation is 2. The van der Waals surface area contributed by atoms with Crippen molar-refractivity contribution in [3.8, 4) is 0 Å². The molecule has 0 saturated carbocycles. The maximum absolute atomic E-state index is 13.4. The molecule has 1 aromatic heterocycles. The summed E-state index contributed by atoms with van der Waals surface area (Å²) in [5.41, 5.74) is 4.03. The van der Waals surface area contributed by atoms with Crippen molar-refractivity contribution in [2.75, 3.05) is 31.5 Å². The monoisotopic (exact) mass is 380 g/mol. The second-order valence-electron chi connectivity index (χ2n) is 7.35. The zero-order valence-electron chi connectivity index (χ0n) is 16.3. The van der Waals surface area contributed by atoms with Gasteiger partial charge in [0.25, 0.3) is 0 Å². The van der Waals surface area contributed by atoms with Crippen molar-refractivity contribution >= 4 is 37.2 Å². The molecule has 0 saturated heterocycles. The highest BCUT2D eigenvalue weighted by Crippen LogP contribution is 2.37. The first-order valence-corrected chi connectivity index (χ1v) is 11.0. The Hall–Kier alpha value is -1.91. The number of rotatable bonds is 6. The lowest BCUT2D eigenvalue weighted by Crippen LogP contribution is -2.28. The highest BCUT2D eigenvalue weighted by molar-refractivity contribution is 7.25. The highest BCUT2D eigenvalue weighted by atomic mass is 32.1. The van der Waals surface area contributed by atoms with Gasteiger partial charge in [0.05, 0.1) is 10.4 Å². The van der Waals surface area contributed by atoms with Crippen molar-refractivity contribution in [3.63, 3.8) is 0 Å². The van der Waals surface area contributed by atoms with Gasteiger partial charge in [-0.15, -0.1) is 11.3 Å². The standard InChI is InChI=1S/C23H28N2OS/c1-3-25(4-2)14-13-24-19-15-16-9-5-6-10-17(16)21-22(26)18-11-7-8-12-20(18)27-23(19)21/h7-8,11-12,15,24H,3-6,9-10,13-14H2,1-2H3. The Balaban J connectivity index is 1.84. The quantitative estimate of drug-likeness (QED) is 0.608. The molecule has 3 aromatic rings. The molecule has 3 nitrogen and oxygen atoms in total. The number of anilines is 1. The molecule has 0 unspecified atom stereocenters. The molecular weight excluding hydrogens is 352 g/mol. The van der Waals surface area contributed by atoms with Crippen molar-refractivity contribution < 1.29 is 0 Å². The predicted octanol–water partition coefficient (Wildman–Crippen LogP) is 5.05. The summed E-state index contributed by atoms with van der Waals surface area (Å²) in [5.74, 6) is 0. The minimum atomic E-state index is 0.213. The Bertz CT molecular complexity index is 1020. The van der Waals surface area contributed by atoms with E-state index in [0.717, 1.165) is 64.9 Å². The molecule has 0 atom stereocenters. The third-order valence-corrected chi connectivity index (χ3v) is 7.02. The third-order valence-electron chi connectivity index (χ3n) is 5.81. The van der Waals surface area contributed by atoms with Gasteiger partial charge in [0.1, 0.15) is 0 Å². The van der Waals surface area contributed by atoms with Crippen molar-refractivity contribution in [2.24, 2.45) is 0 Å². The van der Waals surface area contributed by atoms with Crippen molar-refractivity contribution in [1.29, 1.82) is 0 Å². The first kappa shape index (κ1) is 18.5. The number of benzene rings is 2. The van der Waals surface area contributed by atoms with E-state index in [1.54, 1.807) is 11.3 Å². The smallest absolute Gasteiger partial charge is 0.196 e. The van der Waals surface area contributed by atoms with Gasteiger partial charge in [-0.2, -0.15) is 0 Å². The van der Waals surface area contributed by atoms with E-state index in [1.165, 1.54) is 24.0 Å². The fourth-order valence-electron chi connectivity index (χ4n) is 4.24. The molecule has 2 aromatic carbocycles. The van der Waals surface area contributed by atoms with E-state index in [4.69, 9.17) is 0 Å². The summed E-state index contributed by atoms with van der Waals surface area (Å²) in [6.45, 7) is 8.48. The van der Waals surface area contributed by atoms with Crippen LogP contribution in [0.1, 0.15) is 37.8 Å². The van der Waals surface area contributed by atoms with Gasteiger partial charge in [-0.05, 0) is 68.1 Å². The average Bonchev–Trinajstić information content (AvgIpc) is 2.71. The topological polar surface area (TPSA) is 32.3 Å². The number of nitrogens with one attached hydrogen (secondary N) is 1. The zero-order valence-corrected chi connectivity index (χ0v) is 17.1. The Labute approximate surface area is 165 Å². The van der Waals surface area contributed by atoms with Gasteiger partial charge in [-0.1, -0.05) is 26.0 Å². The van der Waals surface area contributed by atoms with Crippen molar-refractivity contribution in [3.05, 3.63) is 51.7 Å². The maximum Gasteiger partial charge on any atom is 0.196 e. The summed E-state index contributed by atoms with van der Waals surface area (Å²) in [6, 6.07) is 10.4. The van der Waals surface area contributed by atoms with E-state index in [1.807, 2.05) is 18.2 Å². The lowest BCUT2D eigenvalue weighted by molar-refractivity contribution is 0.316. The van der Waals surface area contributed by atoms with Crippen LogP contribution in [0.3, 0.4) is 0 Å². The number of likely N-dealkylation sites (N-methyl/N-ethyl adjacent to an activating group) is 1. The molecule has 27 heavy (non-hydrogen) atoms. The Morgan fingerprint density at radius 3 is 2.70 bits per heavy atom. The minimum absolute atomic E-state index is 0.213. The third kappa shape index (κ3) is 3.48. The van der Waals surface area contributed by atoms with E-state index in [2.05, 4.69) is 36.2 Å². The van der Waals surface area contributed by atoms with Gasteiger partial charge in [0.2, 0.25) is 0 Å². The number of hydrogen-bond donors (Lipinski definition) is 1. The van der Waals surface area contributed by atoms with Crippen molar-refractivity contribution in [1.82, 2.24) is 4.90 Å². The predicted molar refractivity (Wildman–Crippen MR) is 119 cm³/mol. The fourth-order valence-corrected chi connectivity index (χ4v) is 5.44. The second kappa shape index (κ2) is 7.99. The Morgan fingerprint density at radius 2 is 1.89 bits per heavy atom. The molecule has 0 spiro atoms. The van der Waals surface area contributed by atoms with Crippen LogP contribution >= 0.6 is 11.3 Å². The van der Waals surface area contributed by atoms with Crippen LogP contribution in [0.2, 0.25) is 0 Å². The van der Waals surface area contributed by atoms with Crippen LogP contribution in [0.15, 0.2) is 35.1 Å². The highest BCUT2D eigenvalue weighted by Gasteiger charge is 2.19. The molecule has 1 heterocycles. The first-order valence-electron chi connectivity index (χ1n) is 10.2. The Morgan fingerprint density at radius 1 is 1.11 bits per heavy atom. The molecule has 142 valence electrons. The lowest BCUT2D eigenvalue weighted by atomic mass is 9.88. The minimum Gasteiger partial charge on any atom is -0.383 e. The Kier molecular flexibility index (Phi) is 5.46. The normalized spacial score (nSPS) is 14.0. The van der Waals surface area contributed by atoms with Crippen molar-refractivity contribution in [2.45, 2.75) is 39.5 Å². The van der Waals surface area contributed by atoms with Gasteiger partial charge >= 0.3 is 0 Å². The fraction of sp³-hybridized carbons (Fsp3) is 0.435. The zero-order chi connectivity index (χ0) is 18.8. The average molecular weight is 381 g/mol. The van der Waals surface area contributed by atoms with E-state index < -0.39 is 0 Å². The number of fused-ring (bicyclic) bond motifs is 4. The first-order chi connectivity index (χ1) is 13.2. The summed E-state index contributed by atoms with van der Waals surface area (Å²) >= 11 is 1.76. The van der Waals surface area contributed by atoms with Gasteiger partial charge in [0.15, 0.2) is 5.43 Å². The van der Waals surface area contributed by atoms with Crippen LogP contribution in [0.25, 0.3) is 20.2 Å². The molecule has 4 heteroatoms. The van der Waals surface area contributed by atoms with E-state index in [-0.39, 0.29) is 5.43 Å². The molecule has 0 amide bonds. The summed E-state index contributed by atoms with van der Waals surface area (Å²) in [5, 5.41) is 5.50. The van der Waals surface area contributed by atoms with E-state index in [0.29, 0.717) is 0 Å².